The monoisotopic (exact) mass is 212 g/mol. The molecular formula is C10H9ClOS. The topological polar surface area (TPSA) is 17.1 Å². The second-order valence-electron chi connectivity index (χ2n) is 3.06. The van der Waals surface area contributed by atoms with Crippen molar-refractivity contribution in [1.29, 1.82) is 0 Å². The Bertz CT molecular complexity index is 338. The number of hydrogen-bond acceptors (Lipinski definition) is 2. The molecule has 0 fully saturated rings. The van der Waals surface area contributed by atoms with Crippen LogP contribution in [0.25, 0.3) is 0 Å². The number of fused-ring (bicyclic) bond motifs is 1. The van der Waals surface area contributed by atoms with E-state index in [1.807, 2.05) is 18.2 Å². The molecule has 13 heavy (non-hydrogen) atoms. The van der Waals surface area contributed by atoms with E-state index < -0.39 is 0 Å². The van der Waals surface area contributed by atoms with Gasteiger partial charge in [-0.25, -0.2) is 0 Å². The third-order valence-corrected chi connectivity index (χ3v) is 3.58. The predicted octanol–water partition coefficient (Wildman–Crippen LogP) is 3.12. The third-order valence-electron chi connectivity index (χ3n) is 2.22. The van der Waals surface area contributed by atoms with Crippen LogP contribution in [-0.2, 0) is 4.79 Å². The van der Waals surface area contributed by atoms with Gasteiger partial charge in [0.1, 0.15) is 6.29 Å². The summed E-state index contributed by atoms with van der Waals surface area (Å²) in [4.78, 5) is 12.0. The Kier molecular flexibility index (Phi) is 2.61. The molecule has 1 nitrogen and oxygen atoms in total. The summed E-state index contributed by atoms with van der Waals surface area (Å²) in [5.41, 5.74) is 1.10. The summed E-state index contributed by atoms with van der Waals surface area (Å²) in [7, 11) is 0. The number of halogens is 1. The molecule has 1 aromatic carbocycles. The Morgan fingerprint density at radius 1 is 1.54 bits per heavy atom. The maximum Gasteiger partial charge on any atom is 0.127 e. The SMILES string of the molecule is O=CC1CCSc2ccc(Cl)cc21. The Morgan fingerprint density at radius 3 is 3.15 bits per heavy atom. The van der Waals surface area contributed by atoms with Crippen molar-refractivity contribution in [2.24, 2.45) is 0 Å². The van der Waals surface area contributed by atoms with Crippen LogP contribution in [-0.4, -0.2) is 12.0 Å². The lowest BCUT2D eigenvalue weighted by Gasteiger charge is -2.20. The summed E-state index contributed by atoms with van der Waals surface area (Å²) >= 11 is 7.67. The van der Waals surface area contributed by atoms with Crippen molar-refractivity contribution in [2.45, 2.75) is 17.2 Å². The first-order valence-corrected chi connectivity index (χ1v) is 5.55. The van der Waals surface area contributed by atoms with Crippen molar-refractivity contribution >= 4 is 29.6 Å². The van der Waals surface area contributed by atoms with Gasteiger partial charge in [-0.1, -0.05) is 11.6 Å². The fourth-order valence-corrected chi connectivity index (χ4v) is 2.85. The van der Waals surface area contributed by atoms with Gasteiger partial charge in [0.05, 0.1) is 0 Å². The molecular weight excluding hydrogens is 204 g/mol. The third kappa shape index (κ3) is 1.74. The van der Waals surface area contributed by atoms with Gasteiger partial charge in [-0.15, -0.1) is 11.8 Å². The standard InChI is InChI=1S/C10H9ClOS/c11-8-1-2-10-9(5-8)7(6-12)3-4-13-10/h1-2,5-7H,3-4H2. The Labute approximate surface area is 86.5 Å². The average molecular weight is 213 g/mol. The first-order chi connectivity index (χ1) is 6.31. The quantitative estimate of drug-likeness (QED) is 0.666. The van der Waals surface area contributed by atoms with Crippen molar-refractivity contribution in [3.05, 3.63) is 28.8 Å². The summed E-state index contributed by atoms with van der Waals surface area (Å²) in [6, 6.07) is 5.78. The van der Waals surface area contributed by atoms with E-state index in [0.717, 1.165) is 24.0 Å². The molecule has 1 unspecified atom stereocenters. The van der Waals surface area contributed by atoms with Gasteiger partial charge in [0.25, 0.3) is 0 Å². The maximum atomic E-state index is 10.8. The first kappa shape index (κ1) is 9.10. The highest BCUT2D eigenvalue weighted by Gasteiger charge is 2.19. The van der Waals surface area contributed by atoms with E-state index in [-0.39, 0.29) is 5.92 Å². The van der Waals surface area contributed by atoms with Gasteiger partial charge in [0.2, 0.25) is 0 Å². The predicted molar refractivity (Wildman–Crippen MR) is 55.6 cm³/mol. The summed E-state index contributed by atoms with van der Waals surface area (Å²) in [5.74, 6) is 1.08. The number of rotatable bonds is 1. The Balaban J connectivity index is 2.47. The molecule has 0 N–H and O–H groups in total. The van der Waals surface area contributed by atoms with E-state index in [9.17, 15) is 4.79 Å². The summed E-state index contributed by atoms with van der Waals surface area (Å²) < 4.78 is 0. The molecule has 1 aromatic rings. The fourth-order valence-electron chi connectivity index (χ4n) is 1.53. The van der Waals surface area contributed by atoms with Crippen molar-refractivity contribution in [3.63, 3.8) is 0 Å². The molecule has 0 aromatic heterocycles. The normalized spacial score (nSPS) is 20.8. The van der Waals surface area contributed by atoms with Crippen LogP contribution in [0.3, 0.4) is 0 Å². The molecule has 0 saturated heterocycles. The van der Waals surface area contributed by atoms with Crippen LogP contribution in [0.15, 0.2) is 23.1 Å². The average Bonchev–Trinajstić information content (AvgIpc) is 2.17. The van der Waals surface area contributed by atoms with E-state index >= 15 is 0 Å². The lowest BCUT2D eigenvalue weighted by molar-refractivity contribution is -0.109. The second-order valence-corrected chi connectivity index (χ2v) is 4.64. The minimum Gasteiger partial charge on any atom is -0.303 e. The van der Waals surface area contributed by atoms with Gasteiger partial charge < -0.3 is 4.79 Å². The molecule has 1 aliphatic heterocycles. The number of aldehydes is 1. The van der Waals surface area contributed by atoms with Crippen LogP contribution >= 0.6 is 23.4 Å². The molecule has 1 atom stereocenters. The minimum absolute atomic E-state index is 0.0509. The Hall–Kier alpha value is -0.470. The molecule has 68 valence electrons. The molecule has 0 aliphatic carbocycles. The number of benzene rings is 1. The number of carbonyl (C=O) groups is 1. The van der Waals surface area contributed by atoms with Crippen LogP contribution in [0.5, 0.6) is 0 Å². The van der Waals surface area contributed by atoms with Crippen LogP contribution in [0.1, 0.15) is 17.9 Å². The molecule has 0 saturated carbocycles. The molecule has 0 radical (unpaired) electrons. The molecule has 0 spiro atoms. The largest absolute Gasteiger partial charge is 0.303 e. The van der Waals surface area contributed by atoms with Gasteiger partial charge in [-0.05, 0) is 35.9 Å². The molecule has 1 heterocycles. The lowest BCUT2D eigenvalue weighted by Crippen LogP contribution is -2.08. The van der Waals surface area contributed by atoms with Crippen LogP contribution < -0.4 is 0 Å². The summed E-state index contributed by atoms with van der Waals surface area (Å²) in [6.07, 6.45) is 1.95. The lowest BCUT2D eigenvalue weighted by atomic mass is 9.97. The van der Waals surface area contributed by atoms with E-state index in [4.69, 9.17) is 11.6 Å². The number of carbonyl (C=O) groups excluding carboxylic acids is 1. The smallest absolute Gasteiger partial charge is 0.127 e. The highest BCUT2D eigenvalue weighted by atomic mass is 35.5. The van der Waals surface area contributed by atoms with Gasteiger partial charge in [0.15, 0.2) is 0 Å². The van der Waals surface area contributed by atoms with E-state index in [2.05, 4.69) is 0 Å². The highest BCUT2D eigenvalue weighted by Crippen LogP contribution is 2.37. The van der Waals surface area contributed by atoms with E-state index in [1.165, 1.54) is 4.90 Å². The van der Waals surface area contributed by atoms with Crippen molar-refractivity contribution in [1.82, 2.24) is 0 Å². The Morgan fingerprint density at radius 2 is 2.38 bits per heavy atom. The van der Waals surface area contributed by atoms with Gasteiger partial charge in [-0.2, -0.15) is 0 Å². The summed E-state index contributed by atoms with van der Waals surface area (Å²) in [6.45, 7) is 0. The zero-order valence-electron chi connectivity index (χ0n) is 7.00. The van der Waals surface area contributed by atoms with Gasteiger partial charge in [-0.3, -0.25) is 0 Å². The van der Waals surface area contributed by atoms with Crippen LogP contribution in [0.4, 0.5) is 0 Å². The summed E-state index contributed by atoms with van der Waals surface area (Å²) in [5, 5.41) is 0.716. The molecule has 0 amide bonds. The fraction of sp³-hybridized carbons (Fsp3) is 0.300. The van der Waals surface area contributed by atoms with Crippen molar-refractivity contribution in [3.8, 4) is 0 Å². The van der Waals surface area contributed by atoms with E-state index in [1.54, 1.807) is 11.8 Å². The minimum atomic E-state index is 0.0509. The van der Waals surface area contributed by atoms with Crippen LogP contribution in [0.2, 0.25) is 5.02 Å². The highest BCUT2D eigenvalue weighted by molar-refractivity contribution is 7.99. The molecule has 2 rings (SSSR count). The van der Waals surface area contributed by atoms with E-state index in [0.29, 0.717) is 5.02 Å². The molecule has 1 aliphatic rings. The van der Waals surface area contributed by atoms with Crippen molar-refractivity contribution in [2.75, 3.05) is 5.75 Å². The first-order valence-electron chi connectivity index (χ1n) is 4.19. The number of hydrogen-bond donors (Lipinski definition) is 0. The molecule has 0 bridgehead atoms. The maximum absolute atomic E-state index is 10.8. The van der Waals surface area contributed by atoms with Crippen LogP contribution in [0, 0.1) is 0 Å². The van der Waals surface area contributed by atoms with Gasteiger partial charge in [0, 0.05) is 15.8 Å². The molecule has 3 heteroatoms. The second kappa shape index (κ2) is 3.72. The van der Waals surface area contributed by atoms with Crippen molar-refractivity contribution < 1.29 is 4.79 Å². The number of thioether (sulfide) groups is 1. The zero-order chi connectivity index (χ0) is 9.26. The zero-order valence-corrected chi connectivity index (χ0v) is 8.57. The van der Waals surface area contributed by atoms with Gasteiger partial charge >= 0.3 is 0 Å².